The topological polar surface area (TPSA) is 62.2 Å². The van der Waals surface area contributed by atoms with Crippen molar-refractivity contribution in [3.05, 3.63) is 28.1 Å². The minimum Gasteiger partial charge on any atom is -0.394 e. The van der Waals surface area contributed by atoms with Crippen LogP contribution in [0.15, 0.2) is 17.5 Å². The monoisotopic (exact) mass is 310 g/mol. The molecule has 1 amide bonds. The maximum atomic E-state index is 12.3. The average molecular weight is 310 g/mol. The molecular formula is C14H18N2O2S2. The first-order valence-corrected chi connectivity index (χ1v) is 8.13. The highest BCUT2D eigenvalue weighted by atomic mass is 32.1. The quantitative estimate of drug-likeness (QED) is 0.892. The van der Waals surface area contributed by atoms with Crippen molar-refractivity contribution in [1.29, 1.82) is 0 Å². The van der Waals surface area contributed by atoms with E-state index in [0.717, 1.165) is 15.6 Å². The maximum absolute atomic E-state index is 12.3. The zero-order chi connectivity index (χ0) is 14.8. The third-order valence-electron chi connectivity index (χ3n) is 3.28. The second-order valence-electron chi connectivity index (χ2n) is 4.94. The lowest BCUT2D eigenvalue weighted by molar-refractivity contribution is 0.0851. The van der Waals surface area contributed by atoms with Crippen LogP contribution in [0.1, 0.15) is 35.6 Å². The van der Waals surface area contributed by atoms with Crippen LogP contribution in [0.5, 0.6) is 0 Å². The van der Waals surface area contributed by atoms with Gasteiger partial charge in [0.15, 0.2) is 0 Å². The van der Waals surface area contributed by atoms with Crippen molar-refractivity contribution < 1.29 is 9.90 Å². The number of aliphatic hydroxyl groups is 1. The molecule has 2 heterocycles. The summed E-state index contributed by atoms with van der Waals surface area (Å²) in [5.74, 6) is -0.166. The minimum absolute atomic E-state index is 0.0785. The summed E-state index contributed by atoms with van der Waals surface area (Å²) in [7, 11) is 0. The van der Waals surface area contributed by atoms with Crippen molar-refractivity contribution in [2.45, 2.75) is 32.7 Å². The first-order valence-electron chi connectivity index (χ1n) is 6.44. The molecule has 0 fully saturated rings. The molecule has 6 heteroatoms. The number of amides is 1. The Labute approximate surface area is 126 Å². The van der Waals surface area contributed by atoms with E-state index in [1.807, 2.05) is 38.3 Å². The maximum Gasteiger partial charge on any atom is 0.263 e. The van der Waals surface area contributed by atoms with Gasteiger partial charge in [0.2, 0.25) is 0 Å². The fourth-order valence-corrected chi connectivity index (χ4v) is 3.44. The van der Waals surface area contributed by atoms with Crippen molar-refractivity contribution in [2.75, 3.05) is 6.61 Å². The molecule has 0 bridgehead atoms. The molecule has 1 atom stereocenters. The number of carbonyl (C=O) groups is 1. The predicted octanol–water partition coefficient (Wildman–Crippen LogP) is 3.07. The standard InChI is InChI=1S/C14H18N2O2S2/c1-4-14(3,8-17)16-12(18)11-9(2)15-13(20-11)10-6-5-7-19-10/h5-7,17H,4,8H2,1-3H3,(H,16,18). The number of thiophene rings is 1. The van der Waals surface area contributed by atoms with Gasteiger partial charge in [-0.05, 0) is 31.7 Å². The lowest BCUT2D eigenvalue weighted by Crippen LogP contribution is -2.48. The van der Waals surface area contributed by atoms with Gasteiger partial charge in [0.1, 0.15) is 9.88 Å². The molecule has 0 aromatic carbocycles. The molecule has 4 nitrogen and oxygen atoms in total. The van der Waals surface area contributed by atoms with Crippen LogP contribution in [0, 0.1) is 6.92 Å². The number of aromatic nitrogens is 1. The molecule has 0 radical (unpaired) electrons. The SMILES string of the molecule is CCC(C)(CO)NC(=O)c1sc(-c2cccs2)nc1C. The van der Waals surface area contributed by atoms with Crippen LogP contribution in [0.25, 0.3) is 9.88 Å². The summed E-state index contributed by atoms with van der Waals surface area (Å²) in [6.45, 7) is 5.53. The van der Waals surface area contributed by atoms with Gasteiger partial charge in [0.05, 0.1) is 22.7 Å². The first kappa shape index (κ1) is 15.2. The summed E-state index contributed by atoms with van der Waals surface area (Å²) in [6.07, 6.45) is 0.672. The number of hydrogen-bond acceptors (Lipinski definition) is 5. The predicted molar refractivity (Wildman–Crippen MR) is 83.4 cm³/mol. The molecule has 0 saturated heterocycles. The zero-order valence-electron chi connectivity index (χ0n) is 11.8. The van der Waals surface area contributed by atoms with Gasteiger partial charge in [0.25, 0.3) is 5.91 Å². The summed E-state index contributed by atoms with van der Waals surface area (Å²) in [6, 6.07) is 3.96. The number of nitrogens with zero attached hydrogens (tertiary/aromatic N) is 1. The van der Waals surface area contributed by atoms with Crippen LogP contribution in [-0.2, 0) is 0 Å². The zero-order valence-corrected chi connectivity index (χ0v) is 13.4. The Morgan fingerprint density at radius 3 is 2.85 bits per heavy atom. The molecule has 2 rings (SSSR count). The van der Waals surface area contributed by atoms with E-state index >= 15 is 0 Å². The Kier molecular flexibility index (Phi) is 4.57. The van der Waals surface area contributed by atoms with Crippen LogP contribution in [0.2, 0.25) is 0 Å². The summed E-state index contributed by atoms with van der Waals surface area (Å²) in [5.41, 5.74) is 0.142. The van der Waals surface area contributed by atoms with E-state index in [1.54, 1.807) is 11.3 Å². The normalized spacial score (nSPS) is 14.0. The molecule has 20 heavy (non-hydrogen) atoms. The number of carbonyl (C=O) groups excluding carboxylic acids is 1. The highest BCUT2D eigenvalue weighted by Crippen LogP contribution is 2.31. The van der Waals surface area contributed by atoms with Crippen molar-refractivity contribution in [3.63, 3.8) is 0 Å². The second-order valence-corrected chi connectivity index (χ2v) is 6.88. The molecule has 2 aromatic rings. The molecule has 0 spiro atoms. The van der Waals surface area contributed by atoms with E-state index in [1.165, 1.54) is 11.3 Å². The average Bonchev–Trinajstić information content (AvgIpc) is 3.07. The summed E-state index contributed by atoms with van der Waals surface area (Å²) in [5, 5.41) is 15.1. The Hall–Kier alpha value is -1.24. The van der Waals surface area contributed by atoms with Crippen molar-refractivity contribution >= 4 is 28.6 Å². The van der Waals surface area contributed by atoms with E-state index in [0.29, 0.717) is 11.3 Å². The van der Waals surface area contributed by atoms with Gasteiger partial charge in [-0.25, -0.2) is 4.98 Å². The Bertz CT molecular complexity index is 586. The van der Waals surface area contributed by atoms with Crippen molar-refractivity contribution in [3.8, 4) is 9.88 Å². The molecule has 0 aliphatic carbocycles. The molecule has 0 aliphatic rings. The van der Waals surface area contributed by atoms with Gasteiger partial charge in [0, 0.05) is 0 Å². The first-order chi connectivity index (χ1) is 9.49. The number of hydrogen-bond donors (Lipinski definition) is 2. The molecule has 2 N–H and O–H groups in total. The summed E-state index contributed by atoms with van der Waals surface area (Å²) in [4.78, 5) is 18.5. The highest BCUT2D eigenvalue weighted by Gasteiger charge is 2.26. The van der Waals surface area contributed by atoms with Crippen LogP contribution in [-0.4, -0.2) is 28.1 Å². The molecule has 108 valence electrons. The third-order valence-corrected chi connectivity index (χ3v) is 5.47. The van der Waals surface area contributed by atoms with Crippen LogP contribution in [0.4, 0.5) is 0 Å². The fraction of sp³-hybridized carbons (Fsp3) is 0.429. The number of aliphatic hydroxyl groups excluding tert-OH is 1. The van der Waals surface area contributed by atoms with E-state index in [2.05, 4.69) is 10.3 Å². The molecule has 0 saturated carbocycles. The Morgan fingerprint density at radius 1 is 1.55 bits per heavy atom. The minimum atomic E-state index is -0.587. The Morgan fingerprint density at radius 2 is 2.30 bits per heavy atom. The lowest BCUT2D eigenvalue weighted by atomic mass is 10.0. The third kappa shape index (κ3) is 3.08. The molecular weight excluding hydrogens is 292 g/mol. The summed E-state index contributed by atoms with van der Waals surface area (Å²) >= 11 is 3.00. The lowest BCUT2D eigenvalue weighted by Gasteiger charge is -2.26. The molecule has 1 unspecified atom stereocenters. The van der Waals surface area contributed by atoms with Gasteiger partial charge in [-0.2, -0.15) is 0 Å². The highest BCUT2D eigenvalue weighted by molar-refractivity contribution is 7.22. The number of aryl methyl sites for hydroxylation is 1. The number of nitrogens with one attached hydrogen (secondary N) is 1. The van der Waals surface area contributed by atoms with Gasteiger partial charge >= 0.3 is 0 Å². The van der Waals surface area contributed by atoms with Crippen LogP contribution in [0.3, 0.4) is 0 Å². The summed E-state index contributed by atoms with van der Waals surface area (Å²) < 4.78 is 0. The van der Waals surface area contributed by atoms with Gasteiger partial charge in [-0.1, -0.05) is 13.0 Å². The molecule has 2 aromatic heterocycles. The van der Waals surface area contributed by atoms with E-state index in [-0.39, 0.29) is 12.5 Å². The van der Waals surface area contributed by atoms with Gasteiger partial charge in [-0.15, -0.1) is 22.7 Å². The second kappa shape index (κ2) is 6.03. The molecule has 0 aliphatic heterocycles. The van der Waals surface area contributed by atoms with Gasteiger partial charge < -0.3 is 10.4 Å². The van der Waals surface area contributed by atoms with Crippen molar-refractivity contribution in [2.24, 2.45) is 0 Å². The smallest absolute Gasteiger partial charge is 0.263 e. The van der Waals surface area contributed by atoms with E-state index in [4.69, 9.17) is 0 Å². The number of rotatable bonds is 5. The van der Waals surface area contributed by atoms with E-state index in [9.17, 15) is 9.90 Å². The largest absolute Gasteiger partial charge is 0.394 e. The van der Waals surface area contributed by atoms with Crippen LogP contribution < -0.4 is 5.32 Å². The number of thiazole rings is 1. The van der Waals surface area contributed by atoms with Crippen LogP contribution >= 0.6 is 22.7 Å². The van der Waals surface area contributed by atoms with Crippen molar-refractivity contribution in [1.82, 2.24) is 10.3 Å². The Balaban J connectivity index is 2.23. The van der Waals surface area contributed by atoms with Gasteiger partial charge in [-0.3, -0.25) is 4.79 Å². The fourth-order valence-electron chi connectivity index (χ4n) is 1.68. The van der Waals surface area contributed by atoms with E-state index < -0.39 is 5.54 Å².